The van der Waals surface area contributed by atoms with Crippen LogP contribution in [0.1, 0.15) is 28.8 Å². The molecule has 3 nitrogen and oxygen atoms in total. The molecule has 3 aromatic carbocycles. The zero-order valence-corrected chi connectivity index (χ0v) is 15.5. The molecule has 4 aromatic rings. The number of carbonyl (C=O) groups excluding carboxylic acids is 1. The first kappa shape index (κ1) is 17.9. The maximum Gasteiger partial charge on any atom is 0.198 e. The highest BCUT2D eigenvalue weighted by atomic mass is 16.1. The first-order chi connectivity index (χ1) is 13.9. The number of nitrogens with zero attached hydrogens (tertiary/aromatic N) is 2. The minimum Gasteiger partial charge on any atom is -0.319 e. The number of hydrogen-bond donors (Lipinski definition) is 0. The first-order valence-electron chi connectivity index (χ1n) is 9.40. The Morgan fingerprint density at radius 1 is 0.750 bits per heavy atom. The van der Waals surface area contributed by atoms with Gasteiger partial charge in [-0.3, -0.25) is 4.79 Å². The van der Waals surface area contributed by atoms with Gasteiger partial charge in [-0.25, -0.2) is 4.98 Å². The van der Waals surface area contributed by atoms with Crippen LogP contribution in [0.5, 0.6) is 0 Å². The molecule has 0 amide bonds. The third-order valence-corrected chi connectivity index (χ3v) is 5.08. The van der Waals surface area contributed by atoms with Gasteiger partial charge in [-0.05, 0) is 23.1 Å². The quantitative estimate of drug-likeness (QED) is 0.442. The molecule has 1 radical (unpaired) electrons. The fourth-order valence-corrected chi connectivity index (χ4v) is 3.84. The van der Waals surface area contributed by atoms with Crippen LogP contribution in [0.3, 0.4) is 0 Å². The van der Waals surface area contributed by atoms with Crippen molar-refractivity contribution >= 4 is 6.29 Å². The fourth-order valence-electron chi connectivity index (χ4n) is 3.84. The summed E-state index contributed by atoms with van der Waals surface area (Å²) < 4.78 is 2.16. The number of benzene rings is 3. The largest absolute Gasteiger partial charge is 0.319 e. The van der Waals surface area contributed by atoms with Crippen molar-refractivity contribution in [2.75, 3.05) is 0 Å². The van der Waals surface area contributed by atoms with Gasteiger partial charge in [0.2, 0.25) is 0 Å². The second kappa shape index (κ2) is 8.05. The molecule has 0 aliphatic rings. The molecule has 0 bridgehead atoms. The molecule has 0 unspecified atom stereocenters. The minimum atomic E-state index is -0.556. The van der Waals surface area contributed by atoms with Gasteiger partial charge in [0.1, 0.15) is 5.54 Å². The van der Waals surface area contributed by atoms with E-state index in [0.717, 1.165) is 22.4 Å². The molecule has 28 heavy (non-hydrogen) atoms. The monoisotopic (exact) mass is 365 g/mol. The van der Waals surface area contributed by atoms with Crippen LogP contribution in [-0.2, 0) is 16.8 Å². The topological polar surface area (TPSA) is 34.9 Å². The fraction of sp³-hybridized carbons (Fsp3) is 0.120. The Hall–Kier alpha value is -3.46. The summed E-state index contributed by atoms with van der Waals surface area (Å²) in [4.78, 5) is 15.3. The molecule has 0 aliphatic heterocycles. The molecule has 0 saturated heterocycles. The Morgan fingerprint density at radius 2 is 1.21 bits per heavy atom. The predicted molar refractivity (Wildman–Crippen MR) is 111 cm³/mol. The summed E-state index contributed by atoms with van der Waals surface area (Å²) in [6.07, 6.45) is 6.82. The predicted octanol–water partition coefficient (Wildman–Crippen LogP) is 4.77. The Bertz CT molecular complexity index is 927. The van der Waals surface area contributed by atoms with Crippen LogP contribution in [0.15, 0.2) is 104 Å². The molecular weight excluding hydrogens is 344 g/mol. The highest BCUT2D eigenvalue weighted by Gasteiger charge is 2.38. The lowest BCUT2D eigenvalue weighted by Crippen LogP contribution is -2.36. The van der Waals surface area contributed by atoms with Crippen molar-refractivity contribution in [3.63, 3.8) is 0 Å². The van der Waals surface area contributed by atoms with Crippen LogP contribution in [0.4, 0.5) is 0 Å². The molecule has 0 fully saturated rings. The number of imidazole rings is 1. The summed E-state index contributed by atoms with van der Waals surface area (Å²) >= 11 is 0. The van der Waals surface area contributed by atoms with Crippen molar-refractivity contribution in [3.8, 4) is 0 Å². The molecule has 1 heterocycles. The molecule has 3 heteroatoms. The molecule has 0 spiro atoms. The van der Waals surface area contributed by atoms with Crippen molar-refractivity contribution < 1.29 is 4.79 Å². The van der Waals surface area contributed by atoms with E-state index >= 15 is 0 Å². The van der Waals surface area contributed by atoms with Gasteiger partial charge in [-0.15, -0.1) is 0 Å². The van der Waals surface area contributed by atoms with E-state index in [1.807, 2.05) is 37.0 Å². The zero-order valence-electron chi connectivity index (χ0n) is 15.5. The number of rotatable bonds is 7. The molecule has 0 atom stereocenters. The minimum absolute atomic E-state index is 0.353. The molecule has 4 rings (SSSR count). The second-order valence-electron chi connectivity index (χ2n) is 6.73. The van der Waals surface area contributed by atoms with E-state index in [1.54, 1.807) is 0 Å². The molecule has 137 valence electrons. The van der Waals surface area contributed by atoms with Crippen LogP contribution in [-0.4, -0.2) is 15.8 Å². The SMILES string of the molecule is O=[C]CCc1cn(C(c2ccccc2)(c2ccccc2)c2ccccc2)cn1. The zero-order chi connectivity index (χ0) is 19.2. The summed E-state index contributed by atoms with van der Waals surface area (Å²) in [5.74, 6) is 0. The van der Waals surface area contributed by atoms with E-state index in [9.17, 15) is 4.79 Å². The van der Waals surface area contributed by atoms with E-state index in [2.05, 4.69) is 82.3 Å². The van der Waals surface area contributed by atoms with Crippen molar-refractivity contribution in [1.82, 2.24) is 9.55 Å². The highest BCUT2D eigenvalue weighted by molar-refractivity contribution is 5.52. The van der Waals surface area contributed by atoms with Gasteiger partial charge in [0.05, 0.1) is 12.0 Å². The standard InChI is InChI=1S/C25H21N2O/c28-18-10-17-24-19-27(20-26-24)25(21-11-4-1-5-12-21,22-13-6-2-7-14-22)23-15-8-3-9-16-23/h1-9,11-16,19-20H,10,17H2. The molecule has 0 aliphatic carbocycles. The van der Waals surface area contributed by atoms with Gasteiger partial charge < -0.3 is 4.57 Å². The van der Waals surface area contributed by atoms with Gasteiger partial charge in [-0.2, -0.15) is 0 Å². The van der Waals surface area contributed by atoms with Gasteiger partial charge in [0.25, 0.3) is 0 Å². The summed E-state index contributed by atoms with van der Waals surface area (Å²) in [7, 11) is 0. The number of aryl methyl sites for hydroxylation is 1. The lowest BCUT2D eigenvalue weighted by Gasteiger charge is -2.37. The summed E-state index contributed by atoms with van der Waals surface area (Å²) in [6.45, 7) is 0. The van der Waals surface area contributed by atoms with Gasteiger partial charge in [0, 0.05) is 12.6 Å². The highest BCUT2D eigenvalue weighted by Crippen LogP contribution is 2.40. The third-order valence-electron chi connectivity index (χ3n) is 5.08. The molecule has 0 saturated carbocycles. The van der Waals surface area contributed by atoms with Gasteiger partial charge in [0.15, 0.2) is 6.29 Å². The van der Waals surface area contributed by atoms with Crippen LogP contribution in [0, 0.1) is 0 Å². The van der Waals surface area contributed by atoms with E-state index in [1.165, 1.54) is 0 Å². The van der Waals surface area contributed by atoms with E-state index in [-0.39, 0.29) is 0 Å². The maximum absolute atomic E-state index is 10.7. The second-order valence-corrected chi connectivity index (χ2v) is 6.73. The summed E-state index contributed by atoms with van der Waals surface area (Å²) in [5, 5.41) is 0. The molecule has 1 aromatic heterocycles. The Morgan fingerprint density at radius 3 is 1.64 bits per heavy atom. The Balaban J connectivity index is 2.01. The Labute approximate surface area is 165 Å². The van der Waals surface area contributed by atoms with Gasteiger partial charge >= 0.3 is 0 Å². The van der Waals surface area contributed by atoms with Crippen molar-refractivity contribution in [2.24, 2.45) is 0 Å². The number of aromatic nitrogens is 2. The summed E-state index contributed by atoms with van der Waals surface area (Å²) in [5.41, 5.74) is 3.78. The summed E-state index contributed by atoms with van der Waals surface area (Å²) in [6, 6.07) is 31.4. The average Bonchev–Trinajstić information content (AvgIpc) is 3.24. The van der Waals surface area contributed by atoms with Crippen LogP contribution in [0.2, 0.25) is 0 Å². The van der Waals surface area contributed by atoms with E-state index < -0.39 is 5.54 Å². The van der Waals surface area contributed by atoms with Crippen molar-refractivity contribution in [1.29, 1.82) is 0 Å². The van der Waals surface area contributed by atoms with Crippen molar-refractivity contribution in [2.45, 2.75) is 18.4 Å². The lowest BCUT2D eigenvalue weighted by atomic mass is 9.77. The van der Waals surface area contributed by atoms with Crippen LogP contribution >= 0.6 is 0 Å². The van der Waals surface area contributed by atoms with Crippen LogP contribution < -0.4 is 0 Å². The molecular formula is C25H21N2O. The van der Waals surface area contributed by atoms with E-state index in [0.29, 0.717) is 12.8 Å². The normalized spacial score (nSPS) is 11.3. The lowest BCUT2D eigenvalue weighted by molar-refractivity contribution is 0.514. The smallest absolute Gasteiger partial charge is 0.198 e. The first-order valence-corrected chi connectivity index (χ1v) is 9.40. The Kier molecular flexibility index (Phi) is 5.16. The van der Waals surface area contributed by atoms with E-state index in [4.69, 9.17) is 0 Å². The average molecular weight is 365 g/mol. The van der Waals surface area contributed by atoms with Crippen molar-refractivity contribution in [3.05, 3.63) is 126 Å². The number of hydrogen-bond acceptors (Lipinski definition) is 2. The molecule has 0 N–H and O–H groups in total. The third kappa shape index (κ3) is 3.16. The van der Waals surface area contributed by atoms with Crippen LogP contribution in [0.25, 0.3) is 0 Å². The van der Waals surface area contributed by atoms with Gasteiger partial charge in [-0.1, -0.05) is 91.0 Å². The maximum atomic E-state index is 10.7.